The Morgan fingerprint density at radius 3 is 3.00 bits per heavy atom. The van der Waals surface area contributed by atoms with Gasteiger partial charge in [-0.05, 0) is 25.8 Å². The van der Waals surface area contributed by atoms with Crippen molar-refractivity contribution in [2.24, 2.45) is 5.92 Å². The van der Waals surface area contributed by atoms with Gasteiger partial charge in [0.15, 0.2) is 0 Å². The molecule has 16 heavy (non-hydrogen) atoms. The number of carbonyl (C=O) groups excluding carboxylic acids is 1. The molecule has 1 fully saturated rings. The van der Waals surface area contributed by atoms with Gasteiger partial charge in [-0.25, -0.2) is 0 Å². The summed E-state index contributed by atoms with van der Waals surface area (Å²) in [6.45, 7) is 4.59. The maximum atomic E-state index is 12.0. The molecule has 1 aliphatic rings. The number of rotatable bonds is 6. The molecule has 0 aliphatic carbocycles. The van der Waals surface area contributed by atoms with Crippen LogP contribution in [0.1, 0.15) is 32.6 Å². The molecule has 4 heteroatoms. The fourth-order valence-electron chi connectivity index (χ4n) is 2.14. The van der Waals surface area contributed by atoms with Crippen molar-refractivity contribution in [2.45, 2.75) is 38.6 Å². The van der Waals surface area contributed by atoms with Crippen LogP contribution in [0.25, 0.3) is 0 Å². The fraction of sp³-hybridized carbons (Fsp3) is 0.917. The van der Waals surface area contributed by atoms with Crippen LogP contribution in [-0.2, 0) is 9.53 Å². The molecule has 2 atom stereocenters. The van der Waals surface area contributed by atoms with Gasteiger partial charge in [0.25, 0.3) is 0 Å². The minimum absolute atomic E-state index is 0.143. The van der Waals surface area contributed by atoms with Crippen LogP contribution in [0.5, 0.6) is 0 Å². The molecule has 0 radical (unpaired) electrons. The van der Waals surface area contributed by atoms with E-state index >= 15 is 0 Å². The third kappa shape index (κ3) is 4.49. The summed E-state index contributed by atoms with van der Waals surface area (Å²) in [5.41, 5.74) is 0. The number of nitrogens with one attached hydrogen (secondary N) is 2. The second kappa shape index (κ2) is 7.63. The van der Waals surface area contributed by atoms with Crippen LogP contribution in [0, 0.1) is 5.92 Å². The van der Waals surface area contributed by atoms with Crippen LogP contribution in [0.2, 0.25) is 0 Å². The standard InChI is InChI=1S/C12H24N2O2/c1-3-5-11(9-16-2)14-12(15)10-6-4-7-13-8-10/h10-11,13H,3-9H2,1-2H3,(H,14,15)/t10-,11?/m1/s1. The minimum atomic E-state index is 0.143. The number of hydrogen-bond donors (Lipinski definition) is 2. The van der Waals surface area contributed by atoms with E-state index < -0.39 is 0 Å². The fourth-order valence-corrected chi connectivity index (χ4v) is 2.14. The molecule has 1 rings (SSSR count). The Balaban J connectivity index is 2.33. The average Bonchev–Trinajstić information content (AvgIpc) is 2.31. The molecule has 1 saturated heterocycles. The molecule has 0 spiro atoms. The summed E-state index contributed by atoms with van der Waals surface area (Å²) in [4.78, 5) is 12.0. The van der Waals surface area contributed by atoms with Gasteiger partial charge in [-0.2, -0.15) is 0 Å². The summed E-state index contributed by atoms with van der Waals surface area (Å²) >= 11 is 0. The van der Waals surface area contributed by atoms with Crippen molar-refractivity contribution in [1.82, 2.24) is 10.6 Å². The molecule has 1 heterocycles. The van der Waals surface area contributed by atoms with Gasteiger partial charge in [-0.3, -0.25) is 4.79 Å². The second-order valence-electron chi connectivity index (χ2n) is 4.49. The van der Waals surface area contributed by atoms with Crippen molar-refractivity contribution in [2.75, 3.05) is 26.8 Å². The first kappa shape index (κ1) is 13.5. The molecule has 0 bridgehead atoms. The predicted molar refractivity (Wildman–Crippen MR) is 64.3 cm³/mol. The van der Waals surface area contributed by atoms with Crippen LogP contribution in [-0.4, -0.2) is 38.8 Å². The first-order valence-electron chi connectivity index (χ1n) is 6.28. The Hall–Kier alpha value is -0.610. The number of carbonyl (C=O) groups is 1. The second-order valence-corrected chi connectivity index (χ2v) is 4.49. The van der Waals surface area contributed by atoms with E-state index in [0.717, 1.165) is 38.8 Å². The lowest BCUT2D eigenvalue weighted by atomic mass is 9.98. The molecular weight excluding hydrogens is 204 g/mol. The summed E-state index contributed by atoms with van der Waals surface area (Å²) in [6, 6.07) is 0.171. The van der Waals surface area contributed by atoms with Crippen LogP contribution in [0.3, 0.4) is 0 Å². The maximum Gasteiger partial charge on any atom is 0.224 e. The third-order valence-electron chi connectivity index (χ3n) is 3.02. The minimum Gasteiger partial charge on any atom is -0.383 e. The number of ether oxygens (including phenoxy) is 1. The van der Waals surface area contributed by atoms with Crippen molar-refractivity contribution < 1.29 is 9.53 Å². The van der Waals surface area contributed by atoms with Crippen molar-refractivity contribution in [3.05, 3.63) is 0 Å². The maximum absolute atomic E-state index is 12.0. The molecule has 2 N–H and O–H groups in total. The van der Waals surface area contributed by atoms with Gasteiger partial charge in [0.2, 0.25) is 5.91 Å². The highest BCUT2D eigenvalue weighted by atomic mass is 16.5. The van der Waals surface area contributed by atoms with E-state index in [1.807, 2.05) is 0 Å². The van der Waals surface area contributed by atoms with E-state index in [-0.39, 0.29) is 17.9 Å². The van der Waals surface area contributed by atoms with Crippen molar-refractivity contribution in [3.8, 4) is 0 Å². The summed E-state index contributed by atoms with van der Waals surface area (Å²) in [7, 11) is 1.68. The predicted octanol–water partition coefficient (Wildman–Crippen LogP) is 0.917. The molecule has 0 aromatic heterocycles. The van der Waals surface area contributed by atoms with Crippen LogP contribution >= 0.6 is 0 Å². The van der Waals surface area contributed by atoms with Gasteiger partial charge >= 0.3 is 0 Å². The largest absolute Gasteiger partial charge is 0.383 e. The molecule has 0 saturated carbocycles. The Kier molecular flexibility index (Phi) is 6.42. The van der Waals surface area contributed by atoms with Crippen molar-refractivity contribution in [1.29, 1.82) is 0 Å². The monoisotopic (exact) mass is 228 g/mol. The smallest absolute Gasteiger partial charge is 0.224 e. The molecule has 94 valence electrons. The molecule has 4 nitrogen and oxygen atoms in total. The van der Waals surface area contributed by atoms with Gasteiger partial charge in [-0.1, -0.05) is 13.3 Å². The lowest BCUT2D eigenvalue weighted by molar-refractivity contribution is -0.126. The van der Waals surface area contributed by atoms with E-state index in [0.29, 0.717) is 6.61 Å². The van der Waals surface area contributed by atoms with E-state index in [1.165, 1.54) is 0 Å². The number of hydrogen-bond acceptors (Lipinski definition) is 3. The highest BCUT2D eigenvalue weighted by Gasteiger charge is 2.22. The first-order chi connectivity index (χ1) is 7.77. The summed E-state index contributed by atoms with van der Waals surface area (Å²) in [5.74, 6) is 0.327. The highest BCUT2D eigenvalue weighted by molar-refractivity contribution is 5.79. The van der Waals surface area contributed by atoms with Gasteiger partial charge in [0.05, 0.1) is 18.6 Å². The topological polar surface area (TPSA) is 50.4 Å². The summed E-state index contributed by atoms with van der Waals surface area (Å²) in [5, 5.41) is 6.35. The van der Waals surface area contributed by atoms with E-state index in [4.69, 9.17) is 4.74 Å². The van der Waals surface area contributed by atoms with Crippen LogP contribution < -0.4 is 10.6 Å². The molecule has 0 aromatic rings. The zero-order chi connectivity index (χ0) is 11.8. The van der Waals surface area contributed by atoms with Crippen LogP contribution in [0.15, 0.2) is 0 Å². The Morgan fingerprint density at radius 1 is 1.62 bits per heavy atom. The summed E-state index contributed by atoms with van der Waals surface area (Å²) in [6.07, 6.45) is 4.16. The lowest BCUT2D eigenvalue weighted by Crippen LogP contribution is -2.45. The molecule has 1 aliphatic heterocycles. The van der Waals surface area contributed by atoms with Crippen LogP contribution in [0.4, 0.5) is 0 Å². The number of amides is 1. The Labute approximate surface area is 98.1 Å². The quantitative estimate of drug-likeness (QED) is 0.710. The normalized spacial score (nSPS) is 22.8. The van der Waals surface area contributed by atoms with E-state index in [2.05, 4.69) is 17.6 Å². The zero-order valence-electron chi connectivity index (χ0n) is 10.4. The van der Waals surface area contributed by atoms with Gasteiger partial charge in [0, 0.05) is 13.7 Å². The van der Waals surface area contributed by atoms with Gasteiger partial charge in [0.1, 0.15) is 0 Å². The zero-order valence-corrected chi connectivity index (χ0v) is 10.4. The van der Waals surface area contributed by atoms with E-state index in [9.17, 15) is 4.79 Å². The van der Waals surface area contributed by atoms with Gasteiger partial charge in [-0.15, -0.1) is 0 Å². The molecule has 1 amide bonds. The Bertz CT molecular complexity index is 197. The SMILES string of the molecule is CCCC(COC)NC(=O)[C@@H]1CCCNC1. The molecule has 1 unspecified atom stereocenters. The third-order valence-corrected chi connectivity index (χ3v) is 3.02. The average molecular weight is 228 g/mol. The van der Waals surface area contributed by atoms with Crippen molar-refractivity contribution >= 4 is 5.91 Å². The van der Waals surface area contributed by atoms with Gasteiger partial charge < -0.3 is 15.4 Å². The number of piperidine rings is 1. The lowest BCUT2D eigenvalue weighted by Gasteiger charge is -2.25. The number of methoxy groups -OCH3 is 1. The van der Waals surface area contributed by atoms with Crippen molar-refractivity contribution in [3.63, 3.8) is 0 Å². The van der Waals surface area contributed by atoms with E-state index in [1.54, 1.807) is 7.11 Å². The first-order valence-corrected chi connectivity index (χ1v) is 6.28. The molecular formula is C12H24N2O2. The summed E-state index contributed by atoms with van der Waals surface area (Å²) < 4.78 is 5.11. The Morgan fingerprint density at radius 2 is 2.44 bits per heavy atom. The highest BCUT2D eigenvalue weighted by Crippen LogP contribution is 2.10. The molecule has 0 aromatic carbocycles.